The lowest BCUT2D eigenvalue weighted by atomic mass is 10.1. The standard InChI is InChI=1S/C11H13N3O3S2/c1-7(2)9(15)6-12-19(16,17)10-5-3-4-8-11(10)14-18-13-8/h3-5,7,12H,6H2,1-2H3. The van der Waals surface area contributed by atoms with Crippen LogP contribution < -0.4 is 4.72 Å². The fourth-order valence-corrected chi connectivity index (χ4v) is 3.20. The molecule has 0 spiro atoms. The molecule has 0 saturated heterocycles. The summed E-state index contributed by atoms with van der Waals surface area (Å²) in [6.07, 6.45) is 0. The van der Waals surface area contributed by atoms with Crippen LogP contribution in [0.3, 0.4) is 0 Å². The van der Waals surface area contributed by atoms with E-state index in [0.717, 1.165) is 11.7 Å². The molecule has 0 saturated carbocycles. The van der Waals surface area contributed by atoms with Gasteiger partial charge in [-0.25, -0.2) is 13.1 Å². The smallest absolute Gasteiger partial charge is 0.243 e. The van der Waals surface area contributed by atoms with Crippen molar-refractivity contribution in [3.05, 3.63) is 18.2 Å². The summed E-state index contributed by atoms with van der Waals surface area (Å²) >= 11 is 0.953. The van der Waals surface area contributed by atoms with Crippen LogP contribution in [0.15, 0.2) is 23.1 Å². The van der Waals surface area contributed by atoms with E-state index in [4.69, 9.17) is 0 Å². The van der Waals surface area contributed by atoms with Gasteiger partial charge < -0.3 is 0 Å². The van der Waals surface area contributed by atoms with Crippen LogP contribution in [0.25, 0.3) is 11.0 Å². The third-order valence-electron chi connectivity index (χ3n) is 2.62. The van der Waals surface area contributed by atoms with E-state index in [1.807, 2.05) is 0 Å². The summed E-state index contributed by atoms with van der Waals surface area (Å²) in [7, 11) is -3.75. The van der Waals surface area contributed by atoms with Crippen molar-refractivity contribution in [2.45, 2.75) is 18.7 Å². The molecule has 6 nitrogen and oxygen atoms in total. The van der Waals surface area contributed by atoms with Crippen LogP contribution in [-0.2, 0) is 14.8 Å². The highest BCUT2D eigenvalue weighted by Crippen LogP contribution is 2.20. The number of hydrogen-bond donors (Lipinski definition) is 1. The van der Waals surface area contributed by atoms with Crippen LogP contribution in [0.1, 0.15) is 13.8 Å². The zero-order valence-corrected chi connectivity index (χ0v) is 12.1. The lowest BCUT2D eigenvalue weighted by Crippen LogP contribution is -2.31. The topological polar surface area (TPSA) is 89.0 Å². The van der Waals surface area contributed by atoms with Crippen LogP contribution in [0.2, 0.25) is 0 Å². The van der Waals surface area contributed by atoms with Gasteiger partial charge in [-0.05, 0) is 12.1 Å². The van der Waals surface area contributed by atoms with E-state index >= 15 is 0 Å². The van der Waals surface area contributed by atoms with E-state index in [2.05, 4.69) is 13.5 Å². The third-order valence-corrected chi connectivity index (χ3v) is 4.59. The molecule has 0 fully saturated rings. The fourth-order valence-electron chi connectivity index (χ4n) is 1.45. The third kappa shape index (κ3) is 2.96. The molecule has 0 unspecified atom stereocenters. The number of Topliss-reactive ketones (excluding diaryl/α,β-unsaturated/α-hetero) is 1. The molecule has 0 aliphatic rings. The second-order valence-corrected chi connectivity index (χ2v) is 6.60. The first kappa shape index (κ1) is 14.0. The zero-order chi connectivity index (χ0) is 14.0. The van der Waals surface area contributed by atoms with Gasteiger partial charge in [-0.2, -0.15) is 8.75 Å². The lowest BCUT2D eigenvalue weighted by Gasteiger charge is -2.07. The normalized spacial score (nSPS) is 12.2. The van der Waals surface area contributed by atoms with Gasteiger partial charge in [-0.3, -0.25) is 4.79 Å². The first-order valence-corrected chi connectivity index (χ1v) is 7.87. The summed E-state index contributed by atoms with van der Waals surface area (Å²) in [4.78, 5) is 11.5. The Morgan fingerprint density at radius 2 is 2.11 bits per heavy atom. The minimum absolute atomic E-state index is 0.0512. The Kier molecular flexibility index (Phi) is 3.93. The zero-order valence-electron chi connectivity index (χ0n) is 10.5. The predicted octanol–water partition coefficient (Wildman–Crippen LogP) is 1.19. The van der Waals surface area contributed by atoms with Crippen molar-refractivity contribution in [2.24, 2.45) is 5.92 Å². The number of aromatic nitrogens is 2. The number of hydrogen-bond acceptors (Lipinski definition) is 6. The molecule has 19 heavy (non-hydrogen) atoms. The summed E-state index contributed by atoms with van der Waals surface area (Å²) in [5, 5.41) is 0. The molecule has 2 aromatic rings. The SMILES string of the molecule is CC(C)C(=O)CNS(=O)(=O)c1cccc2nsnc12. The van der Waals surface area contributed by atoms with Crippen LogP contribution in [0.4, 0.5) is 0 Å². The molecule has 2 rings (SSSR count). The summed E-state index contributed by atoms with van der Waals surface area (Å²) in [5.41, 5.74) is 0.861. The summed E-state index contributed by atoms with van der Waals surface area (Å²) in [6, 6.07) is 4.74. The summed E-state index contributed by atoms with van der Waals surface area (Å²) in [6.45, 7) is 3.23. The minimum Gasteiger partial charge on any atom is -0.298 e. The first-order chi connectivity index (χ1) is 8.92. The number of benzene rings is 1. The quantitative estimate of drug-likeness (QED) is 0.896. The van der Waals surface area contributed by atoms with E-state index < -0.39 is 10.0 Å². The van der Waals surface area contributed by atoms with Gasteiger partial charge in [0.05, 0.1) is 18.3 Å². The van der Waals surface area contributed by atoms with Crippen molar-refractivity contribution in [3.8, 4) is 0 Å². The molecule has 1 heterocycles. The van der Waals surface area contributed by atoms with E-state index in [-0.39, 0.29) is 23.1 Å². The Hall–Kier alpha value is -1.38. The number of carbonyl (C=O) groups is 1. The molecule has 0 amide bonds. The maximum atomic E-state index is 12.1. The summed E-state index contributed by atoms with van der Waals surface area (Å²) < 4.78 is 34.5. The highest BCUT2D eigenvalue weighted by molar-refractivity contribution is 7.89. The molecule has 0 atom stereocenters. The van der Waals surface area contributed by atoms with Gasteiger partial charge in [0, 0.05) is 5.92 Å². The molecular weight excluding hydrogens is 286 g/mol. The van der Waals surface area contributed by atoms with Gasteiger partial charge in [-0.15, -0.1) is 0 Å². The largest absolute Gasteiger partial charge is 0.298 e. The van der Waals surface area contributed by atoms with Crippen molar-refractivity contribution < 1.29 is 13.2 Å². The first-order valence-electron chi connectivity index (χ1n) is 5.65. The van der Waals surface area contributed by atoms with E-state index in [0.29, 0.717) is 11.0 Å². The monoisotopic (exact) mass is 299 g/mol. The molecule has 0 aliphatic heterocycles. The van der Waals surface area contributed by atoms with Gasteiger partial charge >= 0.3 is 0 Å². The molecule has 0 bridgehead atoms. The number of nitrogens with one attached hydrogen (secondary N) is 1. The van der Waals surface area contributed by atoms with Gasteiger partial charge in [-0.1, -0.05) is 19.9 Å². The molecule has 0 aliphatic carbocycles. The van der Waals surface area contributed by atoms with Gasteiger partial charge in [0.1, 0.15) is 21.7 Å². The van der Waals surface area contributed by atoms with Crippen LogP contribution in [0.5, 0.6) is 0 Å². The maximum Gasteiger partial charge on any atom is 0.243 e. The number of carbonyl (C=O) groups excluding carboxylic acids is 1. The maximum absolute atomic E-state index is 12.1. The van der Waals surface area contributed by atoms with Crippen molar-refractivity contribution in [1.29, 1.82) is 0 Å². The highest BCUT2D eigenvalue weighted by Gasteiger charge is 2.20. The molecule has 102 valence electrons. The molecule has 1 aromatic heterocycles. The second kappa shape index (κ2) is 5.32. The minimum atomic E-state index is -3.75. The Morgan fingerprint density at radius 3 is 2.79 bits per heavy atom. The lowest BCUT2D eigenvalue weighted by molar-refractivity contribution is -0.120. The molecule has 8 heteroatoms. The average Bonchev–Trinajstić information content (AvgIpc) is 2.83. The average molecular weight is 299 g/mol. The van der Waals surface area contributed by atoms with Crippen molar-refractivity contribution in [1.82, 2.24) is 13.5 Å². The van der Waals surface area contributed by atoms with Crippen molar-refractivity contribution >= 4 is 38.6 Å². The molecular formula is C11H13N3O3S2. The van der Waals surface area contributed by atoms with Crippen LogP contribution >= 0.6 is 11.7 Å². The van der Waals surface area contributed by atoms with Gasteiger partial charge in [0.25, 0.3) is 0 Å². The molecule has 0 radical (unpaired) electrons. The number of fused-ring (bicyclic) bond motifs is 1. The fraction of sp³-hybridized carbons (Fsp3) is 0.364. The van der Waals surface area contributed by atoms with Crippen LogP contribution in [-0.4, -0.2) is 29.5 Å². The highest BCUT2D eigenvalue weighted by atomic mass is 32.2. The number of sulfonamides is 1. The van der Waals surface area contributed by atoms with E-state index in [1.54, 1.807) is 26.0 Å². The Labute approximate surface area is 115 Å². The number of ketones is 1. The van der Waals surface area contributed by atoms with E-state index in [1.165, 1.54) is 6.07 Å². The Morgan fingerprint density at radius 1 is 1.37 bits per heavy atom. The van der Waals surface area contributed by atoms with Crippen LogP contribution in [0, 0.1) is 5.92 Å². The molecule has 1 N–H and O–H groups in total. The van der Waals surface area contributed by atoms with Gasteiger partial charge in [0.2, 0.25) is 10.0 Å². The predicted molar refractivity (Wildman–Crippen MR) is 72.4 cm³/mol. The Balaban J connectivity index is 2.29. The van der Waals surface area contributed by atoms with Crippen molar-refractivity contribution in [2.75, 3.05) is 6.54 Å². The summed E-state index contributed by atoms with van der Waals surface area (Å²) in [5.74, 6) is -0.369. The van der Waals surface area contributed by atoms with Crippen molar-refractivity contribution in [3.63, 3.8) is 0 Å². The van der Waals surface area contributed by atoms with E-state index in [9.17, 15) is 13.2 Å². The number of nitrogens with zero attached hydrogens (tertiary/aromatic N) is 2. The number of rotatable bonds is 5. The molecule has 1 aromatic carbocycles. The Bertz CT molecular complexity index is 707. The second-order valence-electron chi connectivity index (χ2n) is 4.33. The van der Waals surface area contributed by atoms with Gasteiger partial charge in [0.15, 0.2) is 0 Å².